The predicted molar refractivity (Wildman–Crippen MR) is 82.6 cm³/mol. The number of benzene rings is 1. The minimum Gasteiger partial charge on any atom is -0.468 e. The van der Waals surface area contributed by atoms with Crippen LogP contribution in [0.5, 0.6) is 0 Å². The van der Waals surface area contributed by atoms with Gasteiger partial charge in [-0.15, -0.1) is 0 Å². The van der Waals surface area contributed by atoms with Crippen molar-refractivity contribution in [1.29, 1.82) is 0 Å². The first-order valence-corrected chi connectivity index (χ1v) is 7.70. The van der Waals surface area contributed by atoms with Gasteiger partial charge in [-0.05, 0) is 24.3 Å². The second-order valence-electron chi connectivity index (χ2n) is 5.95. The Morgan fingerprint density at radius 1 is 1.32 bits per heavy atom. The molecular weight excluding hydrogens is 280 g/mol. The number of ketones is 2. The maximum absolute atomic E-state index is 13.0. The molecule has 0 saturated carbocycles. The number of methoxy groups -OCH3 is 1. The van der Waals surface area contributed by atoms with E-state index >= 15 is 0 Å². The summed E-state index contributed by atoms with van der Waals surface area (Å²) in [6.07, 6.45) is 1.67. The Kier molecular flexibility index (Phi) is 4.79. The highest BCUT2D eigenvalue weighted by molar-refractivity contribution is 6.14. The van der Waals surface area contributed by atoms with Crippen LogP contribution in [0.25, 0.3) is 0 Å². The Morgan fingerprint density at radius 3 is 2.64 bits per heavy atom. The van der Waals surface area contributed by atoms with E-state index in [9.17, 15) is 14.4 Å². The molecule has 1 aromatic carbocycles. The van der Waals surface area contributed by atoms with Gasteiger partial charge in [0.15, 0.2) is 5.78 Å². The van der Waals surface area contributed by atoms with Gasteiger partial charge >= 0.3 is 5.97 Å². The fourth-order valence-electron chi connectivity index (χ4n) is 3.35. The molecule has 1 aliphatic carbocycles. The number of aryl methyl sites for hydroxylation is 1. The summed E-state index contributed by atoms with van der Waals surface area (Å²) < 4.78 is 4.94. The van der Waals surface area contributed by atoms with Gasteiger partial charge in [-0.3, -0.25) is 14.4 Å². The molecule has 1 aliphatic rings. The molecule has 4 nitrogen and oxygen atoms in total. The molecule has 0 unspecified atom stereocenters. The van der Waals surface area contributed by atoms with E-state index in [0.29, 0.717) is 24.8 Å². The summed E-state index contributed by atoms with van der Waals surface area (Å²) in [4.78, 5) is 37.3. The highest BCUT2D eigenvalue weighted by Gasteiger charge is 2.53. The van der Waals surface area contributed by atoms with E-state index in [-0.39, 0.29) is 23.9 Å². The number of hydrogen-bond acceptors (Lipinski definition) is 4. The fraction of sp³-hybridized carbons (Fsp3) is 0.500. The molecule has 0 aliphatic heterocycles. The van der Waals surface area contributed by atoms with Gasteiger partial charge in [0.05, 0.1) is 7.11 Å². The van der Waals surface area contributed by atoms with Crippen molar-refractivity contribution in [2.24, 2.45) is 11.3 Å². The molecule has 0 saturated heterocycles. The van der Waals surface area contributed by atoms with Crippen LogP contribution in [0.4, 0.5) is 0 Å². The molecule has 22 heavy (non-hydrogen) atoms. The number of fused-ring (bicyclic) bond motifs is 1. The molecule has 0 amide bonds. The smallest absolute Gasteiger partial charge is 0.320 e. The minimum atomic E-state index is -1.24. The van der Waals surface area contributed by atoms with E-state index in [1.807, 2.05) is 12.1 Å². The minimum absolute atomic E-state index is 0.0578. The van der Waals surface area contributed by atoms with Crippen LogP contribution >= 0.6 is 0 Å². The van der Waals surface area contributed by atoms with Crippen LogP contribution in [-0.2, 0) is 20.7 Å². The number of carbonyl (C=O) groups excluding carboxylic acids is 3. The van der Waals surface area contributed by atoms with Crippen LogP contribution in [0, 0.1) is 11.3 Å². The average Bonchev–Trinajstić information content (AvgIpc) is 2.54. The molecule has 0 fully saturated rings. The molecule has 0 N–H and O–H groups in total. The Labute approximate surface area is 130 Å². The molecule has 4 heteroatoms. The third-order valence-corrected chi connectivity index (χ3v) is 4.77. The van der Waals surface area contributed by atoms with Crippen LogP contribution < -0.4 is 0 Å². The molecule has 0 radical (unpaired) electrons. The summed E-state index contributed by atoms with van der Waals surface area (Å²) in [7, 11) is 1.30. The van der Waals surface area contributed by atoms with Crippen LogP contribution in [-0.4, -0.2) is 24.6 Å². The lowest BCUT2D eigenvalue weighted by molar-refractivity contribution is -0.153. The molecule has 0 bridgehead atoms. The van der Waals surface area contributed by atoms with Crippen molar-refractivity contribution in [3.8, 4) is 0 Å². The second kappa shape index (κ2) is 6.42. The molecule has 0 spiro atoms. The van der Waals surface area contributed by atoms with Crippen molar-refractivity contribution in [1.82, 2.24) is 0 Å². The number of rotatable bonds is 5. The zero-order valence-corrected chi connectivity index (χ0v) is 13.3. The molecule has 118 valence electrons. The molecule has 1 aromatic rings. The quantitative estimate of drug-likeness (QED) is 0.619. The highest BCUT2D eigenvalue weighted by Crippen LogP contribution is 2.44. The van der Waals surface area contributed by atoms with E-state index < -0.39 is 11.4 Å². The summed E-state index contributed by atoms with van der Waals surface area (Å²) in [5.74, 6) is -1.04. The number of hydrogen-bond donors (Lipinski definition) is 0. The van der Waals surface area contributed by atoms with Gasteiger partial charge in [-0.25, -0.2) is 0 Å². The summed E-state index contributed by atoms with van der Waals surface area (Å²) in [6, 6.07) is 7.35. The summed E-state index contributed by atoms with van der Waals surface area (Å²) >= 11 is 0. The van der Waals surface area contributed by atoms with Crippen LogP contribution in [0.15, 0.2) is 24.3 Å². The van der Waals surface area contributed by atoms with Crippen LogP contribution in [0.1, 0.15) is 49.0 Å². The van der Waals surface area contributed by atoms with Gasteiger partial charge in [-0.2, -0.15) is 0 Å². The largest absolute Gasteiger partial charge is 0.468 e. The second-order valence-corrected chi connectivity index (χ2v) is 5.95. The van der Waals surface area contributed by atoms with Crippen molar-refractivity contribution >= 4 is 17.5 Å². The number of ether oxygens (including phenoxy) is 1. The van der Waals surface area contributed by atoms with Gasteiger partial charge in [0.1, 0.15) is 11.2 Å². The lowest BCUT2D eigenvalue weighted by Gasteiger charge is -2.38. The summed E-state index contributed by atoms with van der Waals surface area (Å²) in [5.41, 5.74) is 0.296. The molecule has 0 aromatic heterocycles. The number of esters is 1. The summed E-state index contributed by atoms with van der Waals surface area (Å²) in [5, 5.41) is 0. The van der Waals surface area contributed by atoms with Crippen molar-refractivity contribution in [3.05, 3.63) is 35.4 Å². The average molecular weight is 302 g/mol. The van der Waals surface area contributed by atoms with Crippen molar-refractivity contribution in [3.63, 3.8) is 0 Å². The van der Waals surface area contributed by atoms with Crippen LogP contribution in [0.2, 0.25) is 0 Å². The number of carbonyl (C=O) groups is 3. The van der Waals surface area contributed by atoms with Gasteiger partial charge < -0.3 is 4.74 Å². The summed E-state index contributed by atoms with van der Waals surface area (Å²) in [6.45, 7) is 3.59. The normalized spacial score (nSPS) is 21.9. The van der Waals surface area contributed by atoms with Crippen molar-refractivity contribution < 1.29 is 19.1 Å². The van der Waals surface area contributed by atoms with Gasteiger partial charge in [-0.1, -0.05) is 38.1 Å². The SMILES string of the molecule is CCC(=O)C[C@H](C)[C@@]1(C(=O)OC)CCc2ccccc2C1=O. The number of Topliss-reactive ketones (excluding diaryl/α,β-unsaturated/α-hetero) is 2. The first kappa shape index (κ1) is 16.4. The Balaban J connectivity index is 2.46. The first-order chi connectivity index (χ1) is 10.5. The third kappa shape index (κ3) is 2.58. The van der Waals surface area contributed by atoms with Gasteiger partial charge in [0.2, 0.25) is 0 Å². The molecule has 2 rings (SSSR count). The lowest BCUT2D eigenvalue weighted by Crippen LogP contribution is -2.49. The van der Waals surface area contributed by atoms with Crippen LogP contribution in [0.3, 0.4) is 0 Å². The van der Waals surface area contributed by atoms with E-state index in [1.54, 1.807) is 26.0 Å². The fourth-order valence-corrected chi connectivity index (χ4v) is 3.35. The zero-order chi connectivity index (χ0) is 16.3. The maximum atomic E-state index is 13.0. The Morgan fingerprint density at radius 2 is 2.00 bits per heavy atom. The van der Waals surface area contributed by atoms with Gasteiger partial charge in [0.25, 0.3) is 0 Å². The zero-order valence-electron chi connectivity index (χ0n) is 13.3. The standard InChI is InChI=1S/C18H22O4/c1-4-14(19)11-12(2)18(17(21)22-3)10-9-13-7-5-6-8-15(13)16(18)20/h5-8,12H,4,9-11H2,1-3H3/t12-,18-/m0/s1. The van der Waals surface area contributed by atoms with Crippen molar-refractivity contribution in [2.45, 2.75) is 39.5 Å². The third-order valence-electron chi connectivity index (χ3n) is 4.77. The topological polar surface area (TPSA) is 60.4 Å². The molecule has 0 heterocycles. The monoisotopic (exact) mass is 302 g/mol. The highest BCUT2D eigenvalue weighted by atomic mass is 16.5. The molecule has 2 atom stereocenters. The first-order valence-electron chi connectivity index (χ1n) is 7.70. The Bertz CT molecular complexity index is 605. The van der Waals surface area contributed by atoms with E-state index in [2.05, 4.69) is 0 Å². The van der Waals surface area contributed by atoms with Crippen molar-refractivity contribution in [2.75, 3.05) is 7.11 Å². The van der Waals surface area contributed by atoms with E-state index in [1.165, 1.54) is 7.11 Å². The van der Waals surface area contributed by atoms with E-state index in [0.717, 1.165) is 5.56 Å². The van der Waals surface area contributed by atoms with E-state index in [4.69, 9.17) is 4.74 Å². The lowest BCUT2D eigenvalue weighted by atomic mass is 9.62. The molecular formula is C18H22O4. The van der Waals surface area contributed by atoms with Gasteiger partial charge in [0, 0.05) is 18.4 Å². The maximum Gasteiger partial charge on any atom is 0.320 e. The predicted octanol–water partition coefficient (Wildman–Crippen LogP) is 2.98. The Hall–Kier alpha value is -1.97.